The molecular weight excluding hydrogens is 318 g/mol. The van der Waals surface area contributed by atoms with Gasteiger partial charge in [0, 0.05) is 19.2 Å². The van der Waals surface area contributed by atoms with Crippen LogP contribution in [0, 0.1) is 0 Å². The molecule has 0 amide bonds. The van der Waals surface area contributed by atoms with Crippen LogP contribution in [0.2, 0.25) is 5.02 Å². The number of sulfonamides is 1. The highest BCUT2D eigenvalue weighted by molar-refractivity contribution is 7.89. The summed E-state index contributed by atoms with van der Waals surface area (Å²) in [5.41, 5.74) is 0.492. The van der Waals surface area contributed by atoms with Crippen LogP contribution in [0.1, 0.15) is 12.5 Å². The van der Waals surface area contributed by atoms with Gasteiger partial charge in [-0.3, -0.25) is 0 Å². The third-order valence-corrected chi connectivity index (χ3v) is 4.51. The van der Waals surface area contributed by atoms with Crippen molar-refractivity contribution in [2.45, 2.75) is 17.9 Å². The zero-order chi connectivity index (χ0) is 16.0. The Kier molecular flexibility index (Phi) is 6.35. The van der Waals surface area contributed by atoms with Crippen LogP contribution in [0.25, 0.3) is 6.08 Å². The van der Waals surface area contributed by atoms with Gasteiger partial charge in [-0.25, -0.2) is 17.9 Å². The molecule has 0 aliphatic heterocycles. The number of aliphatic carboxylic acids is 1. The summed E-state index contributed by atoms with van der Waals surface area (Å²) in [7, 11) is -2.29. The topological polar surface area (TPSA) is 92.7 Å². The molecule has 6 nitrogen and oxygen atoms in total. The zero-order valence-electron chi connectivity index (χ0n) is 11.5. The van der Waals surface area contributed by atoms with Gasteiger partial charge < -0.3 is 9.84 Å². The van der Waals surface area contributed by atoms with E-state index in [1.165, 1.54) is 31.4 Å². The summed E-state index contributed by atoms with van der Waals surface area (Å²) in [5.74, 6) is -1.10. The number of hydrogen-bond donors (Lipinski definition) is 2. The van der Waals surface area contributed by atoms with E-state index in [1.54, 1.807) is 6.92 Å². The van der Waals surface area contributed by atoms with Crippen LogP contribution < -0.4 is 4.72 Å². The van der Waals surface area contributed by atoms with Crippen molar-refractivity contribution < 1.29 is 23.1 Å². The lowest BCUT2D eigenvalue weighted by Crippen LogP contribution is -2.35. The van der Waals surface area contributed by atoms with Gasteiger partial charge in [0.15, 0.2) is 0 Å². The van der Waals surface area contributed by atoms with Gasteiger partial charge >= 0.3 is 5.97 Å². The summed E-state index contributed by atoms with van der Waals surface area (Å²) < 4.78 is 31.6. The van der Waals surface area contributed by atoms with Crippen LogP contribution >= 0.6 is 11.6 Å². The Bertz CT molecular complexity index is 642. The average Bonchev–Trinajstić information content (AvgIpc) is 2.35. The molecule has 2 N–H and O–H groups in total. The first-order valence-corrected chi connectivity index (χ1v) is 7.84. The molecule has 8 heteroatoms. The maximum Gasteiger partial charge on any atom is 0.328 e. The second-order valence-electron chi connectivity index (χ2n) is 4.34. The number of ether oxygens (including phenoxy) is 1. The average molecular weight is 334 g/mol. The second-order valence-corrected chi connectivity index (χ2v) is 6.43. The fraction of sp³-hybridized carbons (Fsp3) is 0.308. The first kappa shape index (κ1) is 17.6. The quantitative estimate of drug-likeness (QED) is 0.742. The Hall–Kier alpha value is -1.41. The minimum Gasteiger partial charge on any atom is -0.478 e. The van der Waals surface area contributed by atoms with Gasteiger partial charge in [-0.05, 0) is 30.7 Å². The molecule has 1 rings (SSSR count). The van der Waals surface area contributed by atoms with Crippen molar-refractivity contribution in [3.8, 4) is 0 Å². The molecule has 1 atom stereocenters. The molecule has 21 heavy (non-hydrogen) atoms. The Morgan fingerprint density at radius 1 is 1.52 bits per heavy atom. The molecule has 0 bridgehead atoms. The Labute approximate surface area is 128 Å². The molecule has 116 valence electrons. The van der Waals surface area contributed by atoms with E-state index in [2.05, 4.69) is 4.72 Å². The minimum absolute atomic E-state index is 0.0136. The van der Waals surface area contributed by atoms with E-state index >= 15 is 0 Å². The number of rotatable bonds is 7. The normalized spacial score (nSPS) is 13.5. The SMILES string of the molecule is COCC(C)NS(=O)(=O)c1ccc(C=CC(=O)O)cc1Cl. The molecule has 0 aliphatic rings. The number of carboxylic acids is 1. The van der Waals surface area contributed by atoms with Crippen molar-refractivity contribution in [2.24, 2.45) is 0 Å². The van der Waals surface area contributed by atoms with Crippen LogP contribution in [0.15, 0.2) is 29.2 Å². The van der Waals surface area contributed by atoms with Crippen LogP contribution in [-0.2, 0) is 19.6 Å². The lowest BCUT2D eigenvalue weighted by Gasteiger charge is -2.14. The van der Waals surface area contributed by atoms with Gasteiger partial charge in [-0.2, -0.15) is 0 Å². The summed E-state index contributed by atoms with van der Waals surface area (Å²) in [6, 6.07) is 3.78. The van der Waals surface area contributed by atoms with E-state index in [4.69, 9.17) is 21.4 Å². The smallest absolute Gasteiger partial charge is 0.328 e. The Morgan fingerprint density at radius 3 is 2.71 bits per heavy atom. The van der Waals surface area contributed by atoms with Gasteiger partial charge in [0.2, 0.25) is 10.0 Å². The number of halogens is 1. The third kappa shape index (κ3) is 5.47. The summed E-state index contributed by atoms with van der Waals surface area (Å²) in [5, 5.41) is 8.55. The number of benzene rings is 1. The third-order valence-electron chi connectivity index (χ3n) is 2.44. The van der Waals surface area contributed by atoms with Crippen molar-refractivity contribution in [3.05, 3.63) is 34.9 Å². The molecule has 0 radical (unpaired) electrons. The molecule has 0 heterocycles. The molecule has 0 spiro atoms. The largest absolute Gasteiger partial charge is 0.478 e. The molecule has 1 aromatic carbocycles. The molecule has 1 unspecified atom stereocenters. The highest BCUT2D eigenvalue weighted by Gasteiger charge is 2.20. The van der Waals surface area contributed by atoms with Crippen molar-refractivity contribution in [1.82, 2.24) is 4.72 Å². The van der Waals surface area contributed by atoms with Crippen molar-refractivity contribution in [3.63, 3.8) is 0 Å². The van der Waals surface area contributed by atoms with Crippen LogP contribution in [0.4, 0.5) is 0 Å². The van der Waals surface area contributed by atoms with Crippen LogP contribution in [0.5, 0.6) is 0 Å². The number of carbonyl (C=O) groups is 1. The maximum atomic E-state index is 12.2. The van der Waals surface area contributed by atoms with Crippen LogP contribution in [0.3, 0.4) is 0 Å². The van der Waals surface area contributed by atoms with Crippen molar-refractivity contribution >= 4 is 33.7 Å². The van der Waals surface area contributed by atoms with E-state index in [9.17, 15) is 13.2 Å². The molecule has 0 saturated carbocycles. The molecule has 0 fully saturated rings. The molecule has 0 saturated heterocycles. The number of nitrogens with one attached hydrogen (secondary N) is 1. The molecule has 0 aliphatic carbocycles. The van der Waals surface area contributed by atoms with Gasteiger partial charge in [-0.15, -0.1) is 0 Å². The first-order valence-electron chi connectivity index (χ1n) is 5.98. The highest BCUT2D eigenvalue weighted by atomic mass is 35.5. The Morgan fingerprint density at radius 2 is 2.19 bits per heavy atom. The maximum absolute atomic E-state index is 12.2. The van der Waals surface area contributed by atoms with E-state index in [-0.39, 0.29) is 16.5 Å². The summed E-state index contributed by atoms with van der Waals surface area (Å²) in [6.45, 7) is 1.90. The fourth-order valence-corrected chi connectivity index (χ4v) is 3.40. The Balaban J connectivity index is 3.01. The molecule has 0 aromatic heterocycles. The van der Waals surface area contributed by atoms with Crippen LogP contribution in [-0.4, -0.2) is 39.3 Å². The van der Waals surface area contributed by atoms with E-state index < -0.39 is 22.0 Å². The fourth-order valence-electron chi connectivity index (χ4n) is 1.62. The highest BCUT2D eigenvalue weighted by Crippen LogP contribution is 2.23. The van der Waals surface area contributed by atoms with Gasteiger partial charge in [0.05, 0.1) is 11.6 Å². The van der Waals surface area contributed by atoms with E-state index in [0.29, 0.717) is 5.56 Å². The van der Waals surface area contributed by atoms with Gasteiger partial charge in [-0.1, -0.05) is 17.7 Å². The second kappa shape index (κ2) is 7.56. The lowest BCUT2D eigenvalue weighted by atomic mass is 10.2. The number of carboxylic acid groups (broad SMARTS) is 1. The standard InChI is InChI=1S/C13H16ClNO5S/c1-9(8-20-2)15-21(18,19)12-5-3-10(7-11(12)14)4-6-13(16)17/h3-7,9,15H,8H2,1-2H3,(H,16,17). The van der Waals surface area contributed by atoms with Crippen molar-refractivity contribution in [1.29, 1.82) is 0 Å². The molecule has 1 aromatic rings. The predicted molar refractivity (Wildman–Crippen MR) is 79.8 cm³/mol. The summed E-state index contributed by atoms with van der Waals surface area (Å²) >= 11 is 5.96. The minimum atomic E-state index is -3.76. The molecular formula is C13H16ClNO5S. The first-order chi connectivity index (χ1) is 9.76. The summed E-state index contributed by atoms with van der Waals surface area (Å²) in [6.07, 6.45) is 2.27. The number of hydrogen-bond acceptors (Lipinski definition) is 4. The zero-order valence-corrected chi connectivity index (χ0v) is 13.1. The van der Waals surface area contributed by atoms with Crippen molar-refractivity contribution in [2.75, 3.05) is 13.7 Å². The van der Waals surface area contributed by atoms with E-state index in [0.717, 1.165) is 6.08 Å². The number of methoxy groups -OCH3 is 1. The van der Waals surface area contributed by atoms with E-state index in [1.807, 2.05) is 0 Å². The van der Waals surface area contributed by atoms with Gasteiger partial charge in [0.25, 0.3) is 0 Å². The van der Waals surface area contributed by atoms with Gasteiger partial charge in [0.1, 0.15) is 4.90 Å². The monoisotopic (exact) mass is 333 g/mol. The lowest BCUT2D eigenvalue weighted by molar-refractivity contribution is -0.131. The summed E-state index contributed by atoms with van der Waals surface area (Å²) in [4.78, 5) is 10.4. The predicted octanol–water partition coefficient (Wildman–Crippen LogP) is 1.75.